The zero-order valence-electron chi connectivity index (χ0n) is 6.22. The first kappa shape index (κ1) is 9.38. The minimum Gasteiger partial charge on any atom is -0.480 e. The summed E-state index contributed by atoms with van der Waals surface area (Å²) in [6, 6.07) is 1.29. The van der Waals surface area contributed by atoms with E-state index in [0.29, 0.717) is 10.4 Å². The van der Waals surface area contributed by atoms with Gasteiger partial charge in [-0.1, -0.05) is 0 Å². The number of aromatic nitrogens is 1. The van der Waals surface area contributed by atoms with Crippen molar-refractivity contribution in [3.05, 3.63) is 22.3 Å². The van der Waals surface area contributed by atoms with Crippen molar-refractivity contribution in [3.63, 3.8) is 0 Å². The van der Waals surface area contributed by atoms with Crippen LogP contribution in [0.4, 0.5) is 8.78 Å². The molecule has 0 fully saturated rings. The molecule has 0 unspecified atom stereocenters. The molecule has 2 nitrogen and oxygen atoms in total. The molecule has 1 aromatic rings. The van der Waals surface area contributed by atoms with Crippen LogP contribution in [0.1, 0.15) is 12.0 Å². The number of nitrogens with zero attached hydrogens (tertiary/aromatic N) is 1. The van der Waals surface area contributed by atoms with Crippen LogP contribution in [0.15, 0.2) is 16.7 Å². The van der Waals surface area contributed by atoms with Crippen molar-refractivity contribution >= 4 is 15.9 Å². The Bertz CT molecular complexity index is 280. The molecular formula is C7H6BrF2NO. The van der Waals surface area contributed by atoms with E-state index < -0.39 is 6.43 Å². The van der Waals surface area contributed by atoms with Gasteiger partial charge in [-0.15, -0.1) is 0 Å². The Hall–Kier alpha value is -0.710. The third-order valence-corrected chi connectivity index (χ3v) is 1.84. The molecule has 0 spiro atoms. The second-order valence-electron chi connectivity index (χ2n) is 2.06. The van der Waals surface area contributed by atoms with Gasteiger partial charge in [-0.3, -0.25) is 0 Å². The molecule has 0 saturated heterocycles. The van der Waals surface area contributed by atoms with Crippen LogP contribution < -0.4 is 4.74 Å². The molecule has 0 aromatic carbocycles. The van der Waals surface area contributed by atoms with Crippen LogP contribution in [0, 0.1) is 0 Å². The third kappa shape index (κ3) is 1.91. The zero-order valence-corrected chi connectivity index (χ0v) is 7.81. The van der Waals surface area contributed by atoms with E-state index in [-0.39, 0.29) is 5.56 Å². The van der Waals surface area contributed by atoms with Gasteiger partial charge >= 0.3 is 0 Å². The topological polar surface area (TPSA) is 22.1 Å². The Morgan fingerprint density at radius 2 is 2.25 bits per heavy atom. The summed E-state index contributed by atoms with van der Waals surface area (Å²) < 4.78 is 29.4. The van der Waals surface area contributed by atoms with Crippen molar-refractivity contribution < 1.29 is 13.5 Å². The van der Waals surface area contributed by atoms with E-state index in [1.807, 2.05) is 0 Å². The fourth-order valence-corrected chi connectivity index (χ4v) is 1.24. The molecule has 0 aliphatic heterocycles. The molecule has 1 heterocycles. The number of ether oxygens (including phenoxy) is 1. The van der Waals surface area contributed by atoms with E-state index >= 15 is 0 Å². The summed E-state index contributed by atoms with van der Waals surface area (Å²) in [5.41, 5.74) is -0.123. The highest BCUT2D eigenvalue weighted by molar-refractivity contribution is 9.10. The molecule has 5 heteroatoms. The lowest BCUT2D eigenvalue weighted by Gasteiger charge is -2.03. The molecule has 0 aliphatic rings. The van der Waals surface area contributed by atoms with Gasteiger partial charge < -0.3 is 4.74 Å². The van der Waals surface area contributed by atoms with Crippen molar-refractivity contribution in [2.45, 2.75) is 6.43 Å². The number of rotatable bonds is 2. The SMILES string of the molecule is COc1ncc(C(F)F)cc1Br. The summed E-state index contributed by atoms with van der Waals surface area (Å²) >= 11 is 3.05. The Kier molecular flexibility index (Phi) is 2.97. The fraction of sp³-hybridized carbons (Fsp3) is 0.286. The molecule has 1 aromatic heterocycles. The first-order valence-corrected chi connectivity index (χ1v) is 3.92. The second-order valence-corrected chi connectivity index (χ2v) is 2.91. The lowest BCUT2D eigenvalue weighted by molar-refractivity contribution is 0.150. The quantitative estimate of drug-likeness (QED) is 0.790. The van der Waals surface area contributed by atoms with Gasteiger partial charge in [-0.25, -0.2) is 13.8 Å². The lowest BCUT2D eigenvalue weighted by atomic mass is 10.3. The van der Waals surface area contributed by atoms with Crippen LogP contribution >= 0.6 is 15.9 Å². The standard InChI is InChI=1S/C7H6BrF2NO/c1-12-7-5(8)2-4(3-11-7)6(9)10/h2-3,6H,1H3. The van der Waals surface area contributed by atoms with Crippen LogP contribution in [-0.4, -0.2) is 12.1 Å². The van der Waals surface area contributed by atoms with Crippen molar-refractivity contribution in [1.82, 2.24) is 4.98 Å². The number of hydrogen-bond acceptors (Lipinski definition) is 2. The molecule has 0 N–H and O–H groups in total. The highest BCUT2D eigenvalue weighted by Gasteiger charge is 2.10. The molecule has 0 amide bonds. The van der Waals surface area contributed by atoms with Gasteiger partial charge in [-0.05, 0) is 22.0 Å². The van der Waals surface area contributed by atoms with Crippen molar-refractivity contribution in [2.24, 2.45) is 0 Å². The summed E-state index contributed by atoms with van der Waals surface area (Å²) in [6.07, 6.45) is -1.41. The van der Waals surface area contributed by atoms with Gasteiger partial charge in [0.25, 0.3) is 6.43 Å². The average Bonchev–Trinajstić information content (AvgIpc) is 2.04. The number of halogens is 3. The second kappa shape index (κ2) is 3.80. The Morgan fingerprint density at radius 3 is 2.67 bits per heavy atom. The Balaban J connectivity index is 3.02. The molecule has 0 atom stereocenters. The number of methoxy groups -OCH3 is 1. The molecular weight excluding hydrogens is 232 g/mol. The largest absolute Gasteiger partial charge is 0.480 e. The average molecular weight is 238 g/mol. The predicted molar refractivity (Wildman–Crippen MR) is 43.4 cm³/mol. The van der Waals surface area contributed by atoms with Crippen molar-refractivity contribution in [1.29, 1.82) is 0 Å². The van der Waals surface area contributed by atoms with Gasteiger partial charge in [0.2, 0.25) is 5.88 Å². The van der Waals surface area contributed by atoms with Crippen LogP contribution in [0.2, 0.25) is 0 Å². The molecule has 0 saturated carbocycles. The zero-order chi connectivity index (χ0) is 9.14. The molecule has 66 valence electrons. The summed E-state index contributed by atoms with van der Waals surface area (Å²) in [7, 11) is 1.43. The summed E-state index contributed by atoms with van der Waals surface area (Å²) in [5, 5.41) is 0. The maximum absolute atomic E-state index is 12.1. The maximum Gasteiger partial charge on any atom is 0.265 e. The van der Waals surface area contributed by atoms with E-state index in [9.17, 15) is 8.78 Å². The smallest absolute Gasteiger partial charge is 0.265 e. The number of pyridine rings is 1. The third-order valence-electron chi connectivity index (χ3n) is 1.27. The van der Waals surface area contributed by atoms with Gasteiger partial charge in [-0.2, -0.15) is 0 Å². The minimum atomic E-state index is -2.50. The Morgan fingerprint density at radius 1 is 1.58 bits per heavy atom. The fourth-order valence-electron chi connectivity index (χ4n) is 0.710. The summed E-state index contributed by atoms with van der Waals surface area (Å²) in [5.74, 6) is 0.305. The highest BCUT2D eigenvalue weighted by atomic mass is 79.9. The van der Waals surface area contributed by atoms with Crippen LogP contribution in [-0.2, 0) is 0 Å². The molecule has 0 bridgehead atoms. The van der Waals surface area contributed by atoms with E-state index in [1.54, 1.807) is 0 Å². The minimum absolute atomic E-state index is 0.123. The van der Waals surface area contributed by atoms with Crippen molar-refractivity contribution in [3.8, 4) is 5.88 Å². The van der Waals surface area contributed by atoms with Crippen LogP contribution in [0.5, 0.6) is 5.88 Å². The van der Waals surface area contributed by atoms with Crippen LogP contribution in [0.25, 0.3) is 0 Å². The Labute approximate surface area is 76.7 Å². The summed E-state index contributed by atoms with van der Waals surface area (Å²) in [4.78, 5) is 3.67. The highest BCUT2D eigenvalue weighted by Crippen LogP contribution is 2.27. The first-order valence-electron chi connectivity index (χ1n) is 3.12. The van der Waals surface area contributed by atoms with Crippen molar-refractivity contribution in [2.75, 3.05) is 7.11 Å². The monoisotopic (exact) mass is 237 g/mol. The molecule has 1 rings (SSSR count). The lowest BCUT2D eigenvalue weighted by Crippen LogP contribution is -1.91. The maximum atomic E-state index is 12.1. The molecule has 0 aliphatic carbocycles. The predicted octanol–water partition coefficient (Wildman–Crippen LogP) is 2.79. The van der Waals surface area contributed by atoms with E-state index in [2.05, 4.69) is 20.9 Å². The van der Waals surface area contributed by atoms with Gasteiger partial charge in [0, 0.05) is 11.8 Å². The van der Waals surface area contributed by atoms with Gasteiger partial charge in [0.1, 0.15) is 0 Å². The normalized spacial score (nSPS) is 10.4. The molecule has 12 heavy (non-hydrogen) atoms. The van der Waals surface area contributed by atoms with Crippen LogP contribution in [0.3, 0.4) is 0 Å². The first-order chi connectivity index (χ1) is 5.65. The number of hydrogen-bond donors (Lipinski definition) is 0. The van der Waals surface area contributed by atoms with Gasteiger partial charge in [0.15, 0.2) is 0 Å². The number of alkyl halides is 2. The van der Waals surface area contributed by atoms with E-state index in [4.69, 9.17) is 4.74 Å². The van der Waals surface area contributed by atoms with E-state index in [1.165, 1.54) is 13.2 Å². The molecule has 0 radical (unpaired) electrons. The summed E-state index contributed by atoms with van der Waals surface area (Å²) in [6.45, 7) is 0. The van der Waals surface area contributed by atoms with E-state index in [0.717, 1.165) is 6.20 Å². The van der Waals surface area contributed by atoms with Gasteiger partial charge in [0.05, 0.1) is 11.6 Å².